The van der Waals surface area contributed by atoms with Crippen molar-refractivity contribution in [3.8, 4) is 0 Å². The molecule has 0 fully saturated rings. The Balaban J connectivity index is 2.93. The van der Waals surface area contributed by atoms with Crippen LogP contribution in [0.4, 0.5) is 0 Å². The van der Waals surface area contributed by atoms with E-state index in [-0.39, 0.29) is 17.9 Å². The molecule has 0 aromatic heterocycles. The summed E-state index contributed by atoms with van der Waals surface area (Å²) in [5.41, 5.74) is 6.83. The predicted octanol–water partition coefficient (Wildman–Crippen LogP) is 2.62. The molecule has 0 aliphatic heterocycles. The fraction of sp³-hybridized carbons (Fsp3) is 0.562. The normalized spacial score (nSPS) is 12.8. The van der Waals surface area contributed by atoms with Crippen LogP contribution in [0.3, 0.4) is 0 Å². The first-order valence-corrected chi connectivity index (χ1v) is 7.02. The molecule has 0 aliphatic carbocycles. The number of rotatable bonds is 6. The number of nitrogens with two attached hydrogens (primary N) is 1. The third-order valence-corrected chi connectivity index (χ3v) is 3.20. The van der Waals surface area contributed by atoms with Crippen molar-refractivity contribution in [3.05, 3.63) is 35.9 Å². The Morgan fingerprint density at radius 1 is 1.16 bits per heavy atom. The van der Waals surface area contributed by atoms with E-state index in [0.717, 1.165) is 12.1 Å². The summed E-state index contributed by atoms with van der Waals surface area (Å²) in [6, 6.07) is 10.0. The van der Waals surface area contributed by atoms with Gasteiger partial charge in [-0.3, -0.25) is 4.79 Å². The molecule has 3 nitrogen and oxygen atoms in total. The number of hydrogen-bond donors (Lipinski definition) is 1. The average molecular weight is 262 g/mol. The highest BCUT2D eigenvalue weighted by Gasteiger charge is 2.26. The van der Waals surface area contributed by atoms with Gasteiger partial charge in [-0.1, -0.05) is 44.2 Å². The van der Waals surface area contributed by atoms with Crippen molar-refractivity contribution in [1.82, 2.24) is 4.90 Å². The van der Waals surface area contributed by atoms with Gasteiger partial charge in [-0.2, -0.15) is 0 Å². The molecular weight excluding hydrogens is 236 g/mol. The number of amides is 1. The highest BCUT2D eigenvalue weighted by atomic mass is 16.2. The largest absolute Gasteiger partial charge is 0.339 e. The van der Waals surface area contributed by atoms with Gasteiger partial charge in [0.2, 0.25) is 5.91 Å². The van der Waals surface area contributed by atoms with Crippen molar-refractivity contribution in [1.29, 1.82) is 0 Å². The second kappa shape index (κ2) is 7.29. The fourth-order valence-corrected chi connectivity index (χ4v) is 2.21. The van der Waals surface area contributed by atoms with E-state index in [1.54, 1.807) is 0 Å². The summed E-state index contributed by atoms with van der Waals surface area (Å²) < 4.78 is 0. The Kier molecular flexibility index (Phi) is 6.03. The molecule has 0 aliphatic rings. The van der Waals surface area contributed by atoms with E-state index in [1.165, 1.54) is 0 Å². The molecular formula is C16H26N2O. The van der Waals surface area contributed by atoms with E-state index in [0.29, 0.717) is 12.5 Å². The summed E-state index contributed by atoms with van der Waals surface area (Å²) in [4.78, 5) is 14.6. The van der Waals surface area contributed by atoms with Crippen LogP contribution in [0.1, 0.15) is 39.2 Å². The Hall–Kier alpha value is -1.35. The molecule has 1 atom stereocenters. The molecule has 2 N–H and O–H groups in total. The molecule has 1 amide bonds. The van der Waals surface area contributed by atoms with Gasteiger partial charge in [-0.05, 0) is 25.3 Å². The van der Waals surface area contributed by atoms with Gasteiger partial charge >= 0.3 is 0 Å². The molecule has 1 aromatic carbocycles. The SMILES string of the molecule is CC(C)CN(C(=O)C(CN)c1ccccc1)C(C)C. The van der Waals surface area contributed by atoms with Crippen LogP contribution in [-0.2, 0) is 4.79 Å². The lowest BCUT2D eigenvalue weighted by molar-refractivity contribution is -0.134. The Morgan fingerprint density at radius 3 is 2.16 bits per heavy atom. The van der Waals surface area contributed by atoms with Gasteiger partial charge in [0.1, 0.15) is 0 Å². The van der Waals surface area contributed by atoms with Gasteiger partial charge in [0.25, 0.3) is 0 Å². The van der Waals surface area contributed by atoms with Crippen molar-refractivity contribution < 1.29 is 4.79 Å². The molecule has 106 valence electrons. The summed E-state index contributed by atoms with van der Waals surface area (Å²) in [6.45, 7) is 9.49. The summed E-state index contributed by atoms with van der Waals surface area (Å²) >= 11 is 0. The van der Waals surface area contributed by atoms with E-state index in [1.807, 2.05) is 35.2 Å². The van der Waals surface area contributed by atoms with Gasteiger partial charge in [-0.25, -0.2) is 0 Å². The lowest BCUT2D eigenvalue weighted by Gasteiger charge is -2.32. The first-order chi connectivity index (χ1) is 8.97. The molecule has 19 heavy (non-hydrogen) atoms. The zero-order valence-electron chi connectivity index (χ0n) is 12.5. The van der Waals surface area contributed by atoms with Crippen LogP contribution in [-0.4, -0.2) is 29.9 Å². The summed E-state index contributed by atoms with van der Waals surface area (Å²) in [5.74, 6) is 0.361. The van der Waals surface area contributed by atoms with Gasteiger partial charge < -0.3 is 10.6 Å². The summed E-state index contributed by atoms with van der Waals surface area (Å²) in [6.07, 6.45) is 0. The maximum Gasteiger partial charge on any atom is 0.231 e. The monoisotopic (exact) mass is 262 g/mol. The van der Waals surface area contributed by atoms with Gasteiger partial charge in [0, 0.05) is 19.1 Å². The number of hydrogen-bond acceptors (Lipinski definition) is 2. The van der Waals surface area contributed by atoms with Crippen molar-refractivity contribution in [2.45, 2.75) is 39.7 Å². The van der Waals surface area contributed by atoms with Crippen LogP contribution in [0.15, 0.2) is 30.3 Å². The second-order valence-electron chi connectivity index (χ2n) is 5.68. The van der Waals surface area contributed by atoms with Crippen LogP contribution in [0.25, 0.3) is 0 Å². The number of benzene rings is 1. The van der Waals surface area contributed by atoms with E-state index in [9.17, 15) is 4.79 Å². The molecule has 0 saturated carbocycles. The van der Waals surface area contributed by atoms with Crippen molar-refractivity contribution in [2.24, 2.45) is 11.7 Å². The Morgan fingerprint density at radius 2 is 1.74 bits per heavy atom. The summed E-state index contributed by atoms with van der Waals surface area (Å²) in [7, 11) is 0. The molecule has 0 radical (unpaired) electrons. The van der Waals surface area contributed by atoms with Crippen molar-refractivity contribution in [2.75, 3.05) is 13.1 Å². The lowest BCUT2D eigenvalue weighted by Crippen LogP contribution is -2.43. The highest BCUT2D eigenvalue weighted by molar-refractivity contribution is 5.84. The predicted molar refractivity (Wildman–Crippen MR) is 79.9 cm³/mol. The second-order valence-corrected chi connectivity index (χ2v) is 5.68. The third kappa shape index (κ3) is 4.35. The quantitative estimate of drug-likeness (QED) is 0.856. The Labute approximate surface area is 116 Å². The zero-order chi connectivity index (χ0) is 14.4. The maximum atomic E-state index is 12.7. The standard InChI is InChI=1S/C16H26N2O/c1-12(2)11-18(13(3)4)16(19)15(10-17)14-8-6-5-7-9-14/h5-9,12-13,15H,10-11,17H2,1-4H3. The van der Waals surface area contributed by atoms with Crippen LogP contribution in [0.2, 0.25) is 0 Å². The lowest BCUT2D eigenvalue weighted by atomic mass is 9.96. The van der Waals surface area contributed by atoms with Crippen molar-refractivity contribution in [3.63, 3.8) is 0 Å². The minimum Gasteiger partial charge on any atom is -0.339 e. The molecule has 1 unspecified atom stereocenters. The average Bonchev–Trinajstić information content (AvgIpc) is 2.37. The van der Waals surface area contributed by atoms with Gasteiger partial charge in [-0.15, -0.1) is 0 Å². The van der Waals surface area contributed by atoms with Crippen LogP contribution in [0.5, 0.6) is 0 Å². The number of carbonyl (C=O) groups is 1. The minimum absolute atomic E-state index is 0.136. The molecule has 3 heteroatoms. The van der Waals surface area contributed by atoms with Gasteiger partial charge in [0.15, 0.2) is 0 Å². The smallest absolute Gasteiger partial charge is 0.231 e. The first kappa shape index (κ1) is 15.7. The Bertz CT molecular complexity index is 387. The number of carbonyl (C=O) groups excluding carboxylic acids is 1. The van der Waals surface area contributed by atoms with Crippen molar-refractivity contribution >= 4 is 5.91 Å². The highest BCUT2D eigenvalue weighted by Crippen LogP contribution is 2.19. The van der Waals surface area contributed by atoms with E-state index in [4.69, 9.17) is 5.73 Å². The topological polar surface area (TPSA) is 46.3 Å². The summed E-state index contributed by atoms with van der Waals surface area (Å²) in [5, 5.41) is 0. The molecule has 1 rings (SSSR count). The first-order valence-electron chi connectivity index (χ1n) is 7.02. The molecule has 0 spiro atoms. The van der Waals surface area contributed by atoms with E-state index < -0.39 is 0 Å². The zero-order valence-corrected chi connectivity index (χ0v) is 12.5. The molecule has 1 aromatic rings. The molecule has 0 bridgehead atoms. The third-order valence-electron chi connectivity index (χ3n) is 3.20. The van der Waals surface area contributed by atoms with Gasteiger partial charge in [0.05, 0.1) is 5.92 Å². The van der Waals surface area contributed by atoms with Crippen LogP contribution < -0.4 is 5.73 Å². The molecule has 0 heterocycles. The van der Waals surface area contributed by atoms with Crippen LogP contribution >= 0.6 is 0 Å². The van der Waals surface area contributed by atoms with E-state index in [2.05, 4.69) is 27.7 Å². The van der Waals surface area contributed by atoms with E-state index >= 15 is 0 Å². The van der Waals surface area contributed by atoms with Crippen LogP contribution in [0, 0.1) is 5.92 Å². The minimum atomic E-state index is -0.234. The number of nitrogens with zero attached hydrogens (tertiary/aromatic N) is 1. The fourth-order valence-electron chi connectivity index (χ4n) is 2.21. The molecule has 0 saturated heterocycles. The maximum absolute atomic E-state index is 12.7.